The van der Waals surface area contributed by atoms with Crippen LogP contribution in [0.1, 0.15) is 18.4 Å². The summed E-state index contributed by atoms with van der Waals surface area (Å²) in [6.45, 7) is 6.87. The summed E-state index contributed by atoms with van der Waals surface area (Å²) in [7, 11) is 0. The first kappa shape index (κ1) is 13.1. The smallest absolute Gasteiger partial charge is 0.0234 e. The zero-order valence-corrected chi connectivity index (χ0v) is 11.7. The summed E-state index contributed by atoms with van der Waals surface area (Å²) >= 11 is 0. The third-order valence-corrected chi connectivity index (χ3v) is 4.70. The molecular weight excluding hydrogens is 234 g/mol. The fourth-order valence-electron chi connectivity index (χ4n) is 3.53. The summed E-state index contributed by atoms with van der Waals surface area (Å²) in [5.74, 6) is 0.748. The van der Waals surface area contributed by atoms with Crippen molar-refractivity contribution in [3.8, 4) is 0 Å². The Kier molecular flexibility index (Phi) is 4.16. The third-order valence-electron chi connectivity index (χ3n) is 4.70. The lowest BCUT2D eigenvalue weighted by Gasteiger charge is -2.46. The molecular formula is C16H25N3. The van der Waals surface area contributed by atoms with E-state index in [0.29, 0.717) is 0 Å². The van der Waals surface area contributed by atoms with Gasteiger partial charge in [-0.1, -0.05) is 30.3 Å². The van der Waals surface area contributed by atoms with Gasteiger partial charge in [0.05, 0.1) is 0 Å². The molecule has 1 aromatic rings. The van der Waals surface area contributed by atoms with Crippen molar-refractivity contribution in [1.29, 1.82) is 0 Å². The Morgan fingerprint density at radius 2 is 1.95 bits per heavy atom. The first-order valence-corrected chi connectivity index (χ1v) is 7.55. The monoisotopic (exact) mass is 259 g/mol. The van der Waals surface area contributed by atoms with Gasteiger partial charge in [-0.05, 0) is 37.4 Å². The van der Waals surface area contributed by atoms with Gasteiger partial charge in [0.15, 0.2) is 0 Å². The maximum absolute atomic E-state index is 5.85. The average Bonchev–Trinajstić information content (AvgIpc) is 2.47. The molecule has 3 heteroatoms. The van der Waals surface area contributed by atoms with Crippen LogP contribution in [0, 0.1) is 5.92 Å². The van der Waals surface area contributed by atoms with Crippen LogP contribution in [-0.2, 0) is 6.54 Å². The van der Waals surface area contributed by atoms with Crippen molar-refractivity contribution in [3.63, 3.8) is 0 Å². The summed E-state index contributed by atoms with van der Waals surface area (Å²) in [5.41, 5.74) is 7.28. The molecule has 0 radical (unpaired) electrons. The van der Waals surface area contributed by atoms with E-state index >= 15 is 0 Å². The lowest BCUT2D eigenvalue weighted by molar-refractivity contribution is 0.0284. The van der Waals surface area contributed by atoms with Gasteiger partial charge < -0.3 is 5.73 Å². The Morgan fingerprint density at radius 3 is 2.74 bits per heavy atom. The van der Waals surface area contributed by atoms with Crippen LogP contribution < -0.4 is 5.73 Å². The Hall–Kier alpha value is -0.900. The largest absolute Gasteiger partial charge is 0.330 e. The molecule has 2 saturated heterocycles. The van der Waals surface area contributed by atoms with Crippen LogP contribution in [0.3, 0.4) is 0 Å². The lowest BCUT2D eigenvalue weighted by atomic mass is 9.89. The molecule has 1 aromatic carbocycles. The van der Waals surface area contributed by atoms with Gasteiger partial charge >= 0.3 is 0 Å². The van der Waals surface area contributed by atoms with Crippen molar-refractivity contribution in [3.05, 3.63) is 35.9 Å². The standard InChI is InChI=1S/C16H25N3/c17-11-15-6-7-19-9-8-18(13-16(19)10-15)12-14-4-2-1-3-5-14/h1-5,15-16H,6-13,17H2. The fourth-order valence-corrected chi connectivity index (χ4v) is 3.53. The van der Waals surface area contributed by atoms with E-state index in [9.17, 15) is 0 Å². The molecule has 0 amide bonds. The van der Waals surface area contributed by atoms with Crippen molar-refractivity contribution >= 4 is 0 Å². The van der Waals surface area contributed by atoms with Crippen LogP contribution in [0.5, 0.6) is 0 Å². The quantitative estimate of drug-likeness (QED) is 0.894. The number of nitrogens with two attached hydrogens (primary N) is 1. The van der Waals surface area contributed by atoms with Crippen LogP contribution >= 0.6 is 0 Å². The van der Waals surface area contributed by atoms with Crippen molar-refractivity contribution in [2.24, 2.45) is 11.7 Å². The number of hydrogen-bond acceptors (Lipinski definition) is 3. The Labute approximate surface area is 116 Å². The van der Waals surface area contributed by atoms with E-state index < -0.39 is 0 Å². The van der Waals surface area contributed by atoms with Gasteiger partial charge in [-0.25, -0.2) is 0 Å². The molecule has 104 valence electrons. The lowest BCUT2D eigenvalue weighted by Crippen LogP contribution is -2.56. The molecule has 2 aliphatic heterocycles. The number of piperazine rings is 1. The SMILES string of the molecule is NCC1CCN2CCN(Cc3ccccc3)CC2C1. The Morgan fingerprint density at radius 1 is 1.11 bits per heavy atom. The topological polar surface area (TPSA) is 32.5 Å². The molecule has 2 fully saturated rings. The minimum absolute atomic E-state index is 0.736. The van der Waals surface area contributed by atoms with E-state index in [2.05, 4.69) is 40.1 Å². The van der Waals surface area contributed by atoms with E-state index in [1.807, 2.05) is 0 Å². The summed E-state index contributed by atoms with van der Waals surface area (Å²) in [5, 5.41) is 0. The van der Waals surface area contributed by atoms with Crippen molar-refractivity contribution < 1.29 is 0 Å². The highest BCUT2D eigenvalue weighted by atomic mass is 15.3. The van der Waals surface area contributed by atoms with Crippen molar-refractivity contribution in [2.75, 3.05) is 32.7 Å². The van der Waals surface area contributed by atoms with Gasteiger partial charge in [-0.3, -0.25) is 9.80 Å². The van der Waals surface area contributed by atoms with Gasteiger partial charge in [0.2, 0.25) is 0 Å². The van der Waals surface area contributed by atoms with E-state index in [4.69, 9.17) is 5.73 Å². The zero-order chi connectivity index (χ0) is 13.1. The minimum atomic E-state index is 0.736. The van der Waals surface area contributed by atoms with Gasteiger partial charge in [-0.2, -0.15) is 0 Å². The van der Waals surface area contributed by atoms with Crippen molar-refractivity contribution in [2.45, 2.75) is 25.4 Å². The van der Waals surface area contributed by atoms with Gasteiger partial charge in [0.1, 0.15) is 0 Å². The average molecular weight is 259 g/mol. The molecule has 0 aromatic heterocycles. The molecule has 2 unspecified atom stereocenters. The van der Waals surface area contributed by atoms with E-state index in [1.165, 1.54) is 44.6 Å². The molecule has 3 nitrogen and oxygen atoms in total. The molecule has 0 aliphatic carbocycles. The molecule has 0 bridgehead atoms. The first-order chi connectivity index (χ1) is 9.35. The first-order valence-electron chi connectivity index (χ1n) is 7.55. The van der Waals surface area contributed by atoms with E-state index in [1.54, 1.807) is 0 Å². The molecule has 0 spiro atoms. The molecule has 2 aliphatic rings. The number of piperidine rings is 1. The highest BCUT2D eigenvalue weighted by molar-refractivity contribution is 5.14. The van der Waals surface area contributed by atoms with Gasteiger partial charge in [0.25, 0.3) is 0 Å². The number of benzene rings is 1. The number of hydrogen-bond donors (Lipinski definition) is 1. The van der Waals surface area contributed by atoms with Crippen LogP contribution in [-0.4, -0.2) is 48.6 Å². The normalized spacial score (nSPS) is 29.1. The Balaban J connectivity index is 1.58. The second kappa shape index (κ2) is 6.04. The summed E-state index contributed by atoms with van der Waals surface area (Å²) in [6.07, 6.45) is 2.59. The second-order valence-electron chi connectivity index (χ2n) is 6.04. The molecule has 19 heavy (non-hydrogen) atoms. The predicted octanol–water partition coefficient (Wildman–Crippen LogP) is 1.54. The molecule has 2 atom stereocenters. The van der Waals surface area contributed by atoms with Crippen LogP contribution in [0.4, 0.5) is 0 Å². The third kappa shape index (κ3) is 3.16. The molecule has 2 heterocycles. The van der Waals surface area contributed by atoms with Crippen molar-refractivity contribution in [1.82, 2.24) is 9.80 Å². The fraction of sp³-hybridized carbons (Fsp3) is 0.625. The Bertz CT molecular complexity index is 392. The summed E-state index contributed by atoms with van der Waals surface area (Å²) in [6, 6.07) is 11.6. The second-order valence-corrected chi connectivity index (χ2v) is 6.04. The van der Waals surface area contributed by atoms with Crippen LogP contribution in [0.25, 0.3) is 0 Å². The highest BCUT2D eigenvalue weighted by Gasteiger charge is 2.32. The molecule has 0 saturated carbocycles. The maximum Gasteiger partial charge on any atom is 0.0234 e. The van der Waals surface area contributed by atoms with E-state index in [0.717, 1.165) is 25.0 Å². The minimum Gasteiger partial charge on any atom is -0.330 e. The maximum atomic E-state index is 5.85. The van der Waals surface area contributed by atoms with Gasteiger partial charge in [-0.15, -0.1) is 0 Å². The summed E-state index contributed by atoms with van der Waals surface area (Å²) in [4.78, 5) is 5.28. The van der Waals surface area contributed by atoms with E-state index in [-0.39, 0.29) is 0 Å². The van der Waals surface area contributed by atoms with Crippen LogP contribution in [0.15, 0.2) is 30.3 Å². The predicted molar refractivity (Wildman–Crippen MR) is 78.9 cm³/mol. The van der Waals surface area contributed by atoms with Gasteiger partial charge in [0, 0.05) is 32.2 Å². The van der Waals surface area contributed by atoms with Crippen LogP contribution in [0.2, 0.25) is 0 Å². The molecule has 3 rings (SSSR count). The zero-order valence-electron chi connectivity index (χ0n) is 11.7. The number of fused-ring (bicyclic) bond motifs is 1. The number of rotatable bonds is 3. The highest BCUT2D eigenvalue weighted by Crippen LogP contribution is 2.25. The summed E-state index contributed by atoms with van der Waals surface area (Å²) < 4.78 is 0. The number of nitrogens with zero attached hydrogens (tertiary/aromatic N) is 2. The molecule has 2 N–H and O–H groups in total.